The largest absolute Gasteiger partial charge is 0.481 e. The fourth-order valence-electron chi connectivity index (χ4n) is 4.67. The van der Waals surface area contributed by atoms with Gasteiger partial charge in [-0.1, -0.05) is 67.0 Å². The maximum Gasteiger partial charge on any atom is 0.309 e. The van der Waals surface area contributed by atoms with E-state index in [1.807, 2.05) is 6.92 Å². The van der Waals surface area contributed by atoms with Crippen molar-refractivity contribution in [3.05, 3.63) is 57.3 Å². The van der Waals surface area contributed by atoms with Gasteiger partial charge in [0.1, 0.15) is 5.01 Å². The SMILES string of the molecule is CCCCN(C(=O)c1cccc(Cl)c1F)c1nnc(C2=CC(C)C(CN3CC(C(=O)O)C3)C(C)=C2)s1. The first-order chi connectivity index (χ1) is 17.2. The average molecular weight is 533 g/mol. The lowest BCUT2D eigenvalue weighted by atomic mass is 9.80. The molecule has 2 aromatic rings. The van der Waals surface area contributed by atoms with Crippen LogP contribution in [0.25, 0.3) is 5.57 Å². The van der Waals surface area contributed by atoms with Crippen LogP contribution in [0.15, 0.2) is 35.9 Å². The topological polar surface area (TPSA) is 86.6 Å². The number of carbonyl (C=O) groups is 2. The van der Waals surface area contributed by atoms with Crippen LogP contribution in [-0.2, 0) is 4.79 Å². The molecule has 1 aliphatic carbocycles. The molecule has 0 bridgehead atoms. The molecule has 4 rings (SSSR count). The number of nitrogens with zero attached hydrogens (tertiary/aromatic N) is 4. The van der Waals surface area contributed by atoms with Crippen molar-refractivity contribution in [1.82, 2.24) is 15.1 Å². The summed E-state index contributed by atoms with van der Waals surface area (Å²) in [7, 11) is 0. The van der Waals surface area contributed by atoms with Crippen LogP contribution in [-0.4, -0.2) is 58.3 Å². The number of benzene rings is 1. The van der Waals surface area contributed by atoms with Crippen molar-refractivity contribution < 1.29 is 19.1 Å². The number of unbranched alkanes of at least 4 members (excludes halogenated alkanes) is 1. The summed E-state index contributed by atoms with van der Waals surface area (Å²) in [6.07, 6.45) is 5.86. The van der Waals surface area contributed by atoms with Gasteiger partial charge in [-0.05, 0) is 37.3 Å². The lowest BCUT2D eigenvalue weighted by molar-refractivity contribution is -0.147. The van der Waals surface area contributed by atoms with Crippen molar-refractivity contribution in [2.24, 2.45) is 17.8 Å². The highest BCUT2D eigenvalue weighted by Gasteiger charge is 2.35. The number of hydrogen-bond donors (Lipinski definition) is 1. The van der Waals surface area contributed by atoms with Crippen molar-refractivity contribution in [2.75, 3.05) is 31.1 Å². The van der Waals surface area contributed by atoms with E-state index in [2.05, 4.69) is 41.1 Å². The number of carboxylic acids is 1. The maximum atomic E-state index is 14.6. The van der Waals surface area contributed by atoms with Crippen LogP contribution in [0.2, 0.25) is 5.02 Å². The molecule has 1 aromatic carbocycles. The van der Waals surface area contributed by atoms with E-state index in [0.717, 1.165) is 25.0 Å². The van der Waals surface area contributed by atoms with Gasteiger partial charge in [0.15, 0.2) is 5.82 Å². The molecular weight excluding hydrogens is 503 g/mol. The van der Waals surface area contributed by atoms with Crippen LogP contribution in [0.1, 0.15) is 49.0 Å². The molecule has 1 saturated heterocycles. The third-order valence-electron chi connectivity index (χ3n) is 6.86. The van der Waals surface area contributed by atoms with E-state index in [1.165, 1.54) is 33.9 Å². The first kappa shape index (κ1) is 26.4. The Morgan fingerprint density at radius 1 is 1.31 bits per heavy atom. The summed E-state index contributed by atoms with van der Waals surface area (Å²) in [6.45, 7) is 8.67. The predicted molar refractivity (Wildman–Crippen MR) is 140 cm³/mol. The quantitative estimate of drug-likeness (QED) is 0.466. The molecule has 0 spiro atoms. The molecule has 0 radical (unpaired) electrons. The van der Waals surface area contributed by atoms with Gasteiger partial charge in [0.2, 0.25) is 5.13 Å². The first-order valence-corrected chi connectivity index (χ1v) is 13.3. The molecule has 2 unspecified atom stereocenters. The van der Waals surface area contributed by atoms with Gasteiger partial charge < -0.3 is 10.0 Å². The zero-order valence-corrected chi connectivity index (χ0v) is 22.2. The van der Waals surface area contributed by atoms with Crippen LogP contribution in [0.4, 0.5) is 9.52 Å². The highest BCUT2D eigenvalue weighted by molar-refractivity contribution is 7.16. The minimum absolute atomic E-state index is 0.0874. The standard InChI is InChI=1S/C26H30ClFN4O3S/c1-4-5-9-32(24(33)19-7-6-8-21(27)22(19)28)26-30-29-23(36-26)17-10-15(2)20(16(3)11-17)14-31-12-18(13-31)25(34)35/h6-8,10-11,15,18,20H,4-5,9,12-14H2,1-3H3,(H,34,35). The zero-order chi connectivity index (χ0) is 26.0. The molecule has 2 heterocycles. The number of carboxylic acid groups (broad SMARTS) is 1. The Balaban J connectivity index is 1.51. The number of allylic oxidation sites excluding steroid dienone is 3. The Kier molecular flexibility index (Phi) is 8.22. The number of hydrogen-bond acceptors (Lipinski definition) is 6. The van der Waals surface area contributed by atoms with Gasteiger partial charge in [-0.25, -0.2) is 4.39 Å². The highest BCUT2D eigenvalue weighted by Crippen LogP contribution is 2.37. The van der Waals surface area contributed by atoms with Crippen LogP contribution in [0, 0.1) is 23.6 Å². The van der Waals surface area contributed by atoms with Gasteiger partial charge in [-0.15, -0.1) is 10.2 Å². The van der Waals surface area contributed by atoms with Crippen molar-refractivity contribution in [3.63, 3.8) is 0 Å². The molecule has 1 N–H and O–H groups in total. The van der Waals surface area contributed by atoms with Gasteiger partial charge in [0, 0.05) is 31.8 Å². The molecule has 7 nitrogen and oxygen atoms in total. The number of aliphatic carboxylic acids is 1. The van der Waals surface area contributed by atoms with E-state index >= 15 is 0 Å². The summed E-state index contributed by atoms with van der Waals surface area (Å²) >= 11 is 7.22. The molecular formula is C26H30ClFN4O3S. The second kappa shape index (κ2) is 11.2. The molecule has 192 valence electrons. The van der Waals surface area contributed by atoms with Gasteiger partial charge in [0.25, 0.3) is 5.91 Å². The molecule has 1 amide bonds. The molecule has 10 heteroatoms. The van der Waals surface area contributed by atoms with E-state index in [9.17, 15) is 14.0 Å². The van der Waals surface area contributed by atoms with Crippen molar-refractivity contribution >= 4 is 45.5 Å². The van der Waals surface area contributed by atoms with Crippen LogP contribution in [0.3, 0.4) is 0 Å². The smallest absolute Gasteiger partial charge is 0.309 e. The summed E-state index contributed by atoms with van der Waals surface area (Å²) in [4.78, 5) is 28.0. The second-order valence-corrected chi connectivity index (χ2v) is 10.9. The van der Waals surface area contributed by atoms with E-state index in [4.69, 9.17) is 16.7 Å². The Morgan fingerprint density at radius 3 is 2.72 bits per heavy atom. The first-order valence-electron chi connectivity index (χ1n) is 12.1. The van der Waals surface area contributed by atoms with Gasteiger partial charge in [0.05, 0.1) is 16.5 Å². The highest BCUT2D eigenvalue weighted by atomic mass is 35.5. The lowest BCUT2D eigenvalue weighted by Crippen LogP contribution is -2.52. The van der Waals surface area contributed by atoms with Crippen LogP contribution in [0.5, 0.6) is 0 Å². The molecule has 1 aliphatic heterocycles. The second-order valence-electron chi connectivity index (χ2n) is 9.53. The summed E-state index contributed by atoms with van der Waals surface area (Å²) in [5, 5.41) is 18.8. The Bertz CT molecular complexity index is 1210. The lowest BCUT2D eigenvalue weighted by Gasteiger charge is -2.41. The fourth-order valence-corrected chi connectivity index (χ4v) is 5.71. The number of rotatable bonds is 9. The van der Waals surface area contributed by atoms with Gasteiger partial charge >= 0.3 is 5.97 Å². The van der Waals surface area contributed by atoms with E-state index in [1.54, 1.807) is 6.07 Å². The summed E-state index contributed by atoms with van der Waals surface area (Å²) in [5.74, 6) is -1.69. The number of aromatic nitrogens is 2. The van der Waals surface area contributed by atoms with Crippen LogP contribution >= 0.6 is 22.9 Å². The molecule has 2 aliphatic rings. The normalized spacial score (nSPS) is 20.5. The fraction of sp³-hybridized carbons (Fsp3) is 0.462. The Labute approximate surface area is 219 Å². The average Bonchev–Trinajstić information content (AvgIpc) is 3.29. The predicted octanol–water partition coefficient (Wildman–Crippen LogP) is 5.39. The summed E-state index contributed by atoms with van der Waals surface area (Å²) in [5.41, 5.74) is 2.06. The third-order valence-corrected chi connectivity index (χ3v) is 8.15. The monoisotopic (exact) mass is 532 g/mol. The minimum atomic E-state index is -0.735. The zero-order valence-electron chi connectivity index (χ0n) is 20.6. The van der Waals surface area contributed by atoms with Crippen LogP contribution < -0.4 is 4.90 Å². The maximum absolute atomic E-state index is 14.6. The minimum Gasteiger partial charge on any atom is -0.481 e. The Morgan fingerprint density at radius 2 is 2.06 bits per heavy atom. The van der Waals surface area contributed by atoms with Crippen molar-refractivity contribution in [3.8, 4) is 0 Å². The number of halogens is 2. The van der Waals surface area contributed by atoms with E-state index < -0.39 is 17.7 Å². The number of anilines is 1. The van der Waals surface area contributed by atoms with Crippen molar-refractivity contribution in [1.29, 1.82) is 0 Å². The number of carbonyl (C=O) groups excluding carboxylic acids is 1. The number of amides is 1. The molecule has 1 fully saturated rings. The number of likely N-dealkylation sites (tertiary alicyclic amines) is 1. The molecule has 1 aromatic heterocycles. The van der Waals surface area contributed by atoms with Gasteiger partial charge in [-0.3, -0.25) is 14.5 Å². The molecule has 36 heavy (non-hydrogen) atoms. The van der Waals surface area contributed by atoms with Crippen molar-refractivity contribution in [2.45, 2.75) is 33.6 Å². The third kappa shape index (κ3) is 5.53. The summed E-state index contributed by atoms with van der Waals surface area (Å²) < 4.78 is 14.6. The van der Waals surface area contributed by atoms with E-state index in [-0.39, 0.29) is 22.4 Å². The molecule has 2 atom stereocenters. The Hall–Kier alpha value is -2.62. The van der Waals surface area contributed by atoms with Gasteiger partial charge in [-0.2, -0.15) is 0 Å². The molecule has 0 saturated carbocycles. The van der Waals surface area contributed by atoms with E-state index in [0.29, 0.717) is 35.7 Å². The summed E-state index contributed by atoms with van der Waals surface area (Å²) in [6, 6.07) is 4.40.